The lowest BCUT2D eigenvalue weighted by molar-refractivity contribution is -0.119. The van der Waals surface area contributed by atoms with Crippen LogP contribution in [0.5, 0.6) is 0 Å². The van der Waals surface area contributed by atoms with Crippen LogP contribution in [0.1, 0.15) is 11.1 Å². The van der Waals surface area contributed by atoms with E-state index in [4.69, 9.17) is 12.2 Å². The van der Waals surface area contributed by atoms with E-state index in [-0.39, 0.29) is 5.91 Å². The second-order valence-corrected chi connectivity index (χ2v) is 6.43. The normalized spacial score (nSPS) is 10.0. The number of hydrogen-bond acceptors (Lipinski definition) is 3. The number of thioether (sulfide) groups is 1. The molecule has 120 valence electrons. The van der Waals surface area contributed by atoms with Crippen molar-refractivity contribution in [1.82, 2.24) is 10.9 Å². The highest BCUT2D eigenvalue weighted by Crippen LogP contribution is 2.18. The van der Waals surface area contributed by atoms with Crippen molar-refractivity contribution in [3.8, 4) is 0 Å². The molecule has 0 bridgehead atoms. The molecule has 0 atom stereocenters. The van der Waals surface area contributed by atoms with Crippen molar-refractivity contribution >= 4 is 40.7 Å². The highest BCUT2D eigenvalue weighted by Gasteiger charge is 2.05. The van der Waals surface area contributed by atoms with Gasteiger partial charge in [-0.2, -0.15) is 0 Å². The van der Waals surface area contributed by atoms with E-state index in [2.05, 4.69) is 16.2 Å². The van der Waals surface area contributed by atoms with Crippen LogP contribution in [0.3, 0.4) is 0 Å². The summed E-state index contributed by atoms with van der Waals surface area (Å²) in [4.78, 5) is 12.9. The van der Waals surface area contributed by atoms with Gasteiger partial charge in [-0.05, 0) is 55.4 Å². The molecule has 0 fully saturated rings. The molecule has 0 unspecified atom stereocenters. The van der Waals surface area contributed by atoms with Crippen molar-refractivity contribution in [3.63, 3.8) is 0 Å². The number of benzene rings is 2. The Balaban J connectivity index is 1.75. The SMILES string of the molecule is Cc1cccc(NC(=S)NNC(=O)CSc2ccccc2)c1C. The lowest BCUT2D eigenvalue weighted by atomic mass is 10.1. The Morgan fingerprint density at radius 1 is 1.04 bits per heavy atom. The smallest absolute Gasteiger partial charge is 0.248 e. The van der Waals surface area contributed by atoms with Crippen LogP contribution < -0.4 is 16.2 Å². The van der Waals surface area contributed by atoms with Crippen LogP contribution in [0.25, 0.3) is 0 Å². The molecule has 23 heavy (non-hydrogen) atoms. The van der Waals surface area contributed by atoms with Gasteiger partial charge in [-0.25, -0.2) is 0 Å². The van der Waals surface area contributed by atoms with Gasteiger partial charge in [0.2, 0.25) is 5.91 Å². The van der Waals surface area contributed by atoms with Crippen LogP contribution >= 0.6 is 24.0 Å². The first-order valence-electron chi connectivity index (χ1n) is 7.16. The zero-order valence-electron chi connectivity index (χ0n) is 13.1. The van der Waals surface area contributed by atoms with Crippen molar-refractivity contribution < 1.29 is 4.79 Å². The van der Waals surface area contributed by atoms with Crippen molar-refractivity contribution in [1.29, 1.82) is 0 Å². The van der Waals surface area contributed by atoms with Crippen LogP contribution in [-0.2, 0) is 4.79 Å². The first-order chi connectivity index (χ1) is 11.1. The zero-order chi connectivity index (χ0) is 16.7. The third-order valence-corrected chi connectivity index (χ3v) is 4.50. The molecular weight excluding hydrogens is 326 g/mol. The van der Waals surface area contributed by atoms with Crippen LogP contribution in [0.15, 0.2) is 53.4 Å². The van der Waals surface area contributed by atoms with E-state index in [1.165, 1.54) is 17.3 Å². The summed E-state index contributed by atoms with van der Waals surface area (Å²) in [6.07, 6.45) is 0. The van der Waals surface area contributed by atoms with Gasteiger partial charge < -0.3 is 5.32 Å². The molecule has 0 aliphatic carbocycles. The number of thiocarbonyl (C=S) groups is 1. The quantitative estimate of drug-likeness (QED) is 0.450. The van der Waals surface area contributed by atoms with E-state index in [0.717, 1.165) is 16.1 Å². The third-order valence-electron chi connectivity index (χ3n) is 3.28. The molecular formula is C17H19N3OS2. The number of hydrogen-bond donors (Lipinski definition) is 3. The van der Waals surface area contributed by atoms with Crippen LogP contribution in [-0.4, -0.2) is 16.8 Å². The molecule has 6 heteroatoms. The first kappa shape index (κ1) is 17.3. The number of hydrazine groups is 1. The maximum atomic E-state index is 11.8. The fourth-order valence-electron chi connectivity index (χ4n) is 1.87. The maximum absolute atomic E-state index is 11.8. The molecule has 0 radical (unpaired) electrons. The topological polar surface area (TPSA) is 53.2 Å². The Kier molecular flexibility index (Phi) is 6.43. The molecule has 0 spiro atoms. The van der Waals surface area contributed by atoms with Gasteiger partial charge in [0.1, 0.15) is 0 Å². The third kappa shape index (κ3) is 5.58. The van der Waals surface area contributed by atoms with E-state index in [1.54, 1.807) is 0 Å². The monoisotopic (exact) mass is 345 g/mol. The molecule has 3 N–H and O–H groups in total. The number of amides is 1. The molecule has 2 rings (SSSR count). The molecule has 0 heterocycles. The van der Waals surface area contributed by atoms with Crippen LogP contribution in [0.2, 0.25) is 0 Å². The number of rotatable bonds is 4. The maximum Gasteiger partial charge on any atom is 0.248 e. The number of anilines is 1. The van der Waals surface area contributed by atoms with Crippen molar-refractivity contribution in [2.45, 2.75) is 18.7 Å². The van der Waals surface area contributed by atoms with Crippen LogP contribution in [0.4, 0.5) is 5.69 Å². The van der Waals surface area contributed by atoms with Gasteiger partial charge in [0.25, 0.3) is 0 Å². The van der Waals surface area contributed by atoms with Crippen molar-refractivity contribution in [2.24, 2.45) is 0 Å². The second kappa shape index (κ2) is 8.55. The molecule has 4 nitrogen and oxygen atoms in total. The Morgan fingerprint density at radius 2 is 1.78 bits per heavy atom. The minimum atomic E-state index is -0.135. The van der Waals surface area contributed by atoms with Gasteiger partial charge in [0.15, 0.2) is 5.11 Å². The fourth-order valence-corrected chi connectivity index (χ4v) is 2.75. The zero-order valence-corrected chi connectivity index (χ0v) is 14.7. The highest BCUT2D eigenvalue weighted by molar-refractivity contribution is 8.00. The fraction of sp³-hybridized carbons (Fsp3) is 0.176. The van der Waals surface area contributed by atoms with E-state index in [0.29, 0.717) is 10.9 Å². The van der Waals surface area contributed by atoms with Gasteiger partial charge in [0.05, 0.1) is 5.75 Å². The Bertz CT molecular complexity index is 689. The van der Waals surface area contributed by atoms with Crippen molar-refractivity contribution in [2.75, 3.05) is 11.1 Å². The molecule has 0 saturated carbocycles. The number of carbonyl (C=O) groups excluding carboxylic acids is 1. The largest absolute Gasteiger partial charge is 0.331 e. The molecule has 0 saturated heterocycles. The summed E-state index contributed by atoms with van der Waals surface area (Å²) >= 11 is 6.66. The standard InChI is InChI=1S/C17H19N3OS2/c1-12-7-6-10-15(13(12)2)18-17(22)20-19-16(21)11-23-14-8-4-3-5-9-14/h3-10H,11H2,1-2H3,(H,19,21)(H2,18,20,22). The highest BCUT2D eigenvalue weighted by atomic mass is 32.2. The predicted octanol–water partition coefficient (Wildman–Crippen LogP) is 3.41. The summed E-state index contributed by atoms with van der Waals surface area (Å²) in [6, 6.07) is 15.7. The van der Waals surface area contributed by atoms with Gasteiger partial charge in [-0.1, -0.05) is 30.3 Å². The number of carbonyl (C=O) groups is 1. The Labute approximate surface area is 146 Å². The van der Waals surface area contributed by atoms with Gasteiger partial charge in [0, 0.05) is 10.6 Å². The van der Waals surface area contributed by atoms with Crippen molar-refractivity contribution in [3.05, 3.63) is 59.7 Å². The molecule has 0 aliphatic heterocycles. The van der Waals surface area contributed by atoms with Gasteiger partial charge in [-0.15, -0.1) is 11.8 Å². The summed E-state index contributed by atoms with van der Waals surface area (Å²) in [5.41, 5.74) is 8.55. The Morgan fingerprint density at radius 3 is 2.52 bits per heavy atom. The first-order valence-corrected chi connectivity index (χ1v) is 8.55. The lowest BCUT2D eigenvalue weighted by Gasteiger charge is -2.14. The Hall–Kier alpha value is -2.05. The summed E-state index contributed by atoms with van der Waals surface area (Å²) in [6.45, 7) is 4.06. The van der Waals surface area contributed by atoms with E-state index < -0.39 is 0 Å². The second-order valence-electron chi connectivity index (χ2n) is 4.98. The molecule has 0 aromatic heterocycles. The summed E-state index contributed by atoms with van der Waals surface area (Å²) in [7, 11) is 0. The number of aryl methyl sites for hydroxylation is 1. The lowest BCUT2D eigenvalue weighted by Crippen LogP contribution is -2.44. The average molecular weight is 345 g/mol. The van der Waals surface area contributed by atoms with Gasteiger partial charge >= 0.3 is 0 Å². The molecule has 2 aromatic rings. The molecule has 2 aromatic carbocycles. The predicted molar refractivity (Wildman–Crippen MR) is 101 cm³/mol. The minimum Gasteiger partial charge on any atom is -0.331 e. The minimum absolute atomic E-state index is 0.135. The summed E-state index contributed by atoms with van der Waals surface area (Å²) < 4.78 is 0. The molecule has 1 amide bonds. The number of nitrogens with one attached hydrogen (secondary N) is 3. The van der Waals surface area contributed by atoms with Crippen LogP contribution in [0, 0.1) is 13.8 Å². The van der Waals surface area contributed by atoms with Gasteiger partial charge in [-0.3, -0.25) is 15.6 Å². The average Bonchev–Trinajstić information content (AvgIpc) is 2.56. The van der Waals surface area contributed by atoms with E-state index in [1.807, 2.05) is 62.4 Å². The summed E-state index contributed by atoms with van der Waals surface area (Å²) in [5, 5.41) is 3.44. The van der Waals surface area contributed by atoms with E-state index in [9.17, 15) is 4.79 Å². The summed E-state index contributed by atoms with van der Waals surface area (Å²) in [5.74, 6) is 0.187. The molecule has 0 aliphatic rings. The van der Waals surface area contributed by atoms with E-state index >= 15 is 0 Å².